The van der Waals surface area contributed by atoms with E-state index in [1.54, 1.807) is 7.11 Å². The summed E-state index contributed by atoms with van der Waals surface area (Å²) in [7, 11) is 3.60. The molecule has 0 bridgehead atoms. The van der Waals surface area contributed by atoms with Crippen LogP contribution >= 0.6 is 0 Å². The summed E-state index contributed by atoms with van der Waals surface area (Å²) in [5, 5.41) is 2.99. The van der Waals surface area contributed by atoms with Crippen LogP contribution in [0.5, 0.6) is 5.75 Å². The van der Waals surface area contributed by atoms with Crippen molar-refractivity contribution in [2.75, 3.05) is 44.0 Å². The van der Waals surface area contributed by atoms with E-state index < -0.39 is 0 Å². The predicted octanol–water partition coefficient (Wildman–Crippen LogP) is 3.76. The zero-order chi connectivity index (χ0) is 19.1. The third-order valence-corrected chi connectivity index (χ3v) is 4.92. The fourth-order valence-corrected chi connectivity index (χ4v) is 3.53. The molecule has 0 radical (unpaired) electrons. The summed E-state index contributed by atoms with van der Waals surface area (Å²) in [6, 6.07) is 16.1. The predicted molar refractivity (Wildman–Crippen MR) is 110 cm³/mol. The lowest BCUT2D eigenvalue weighted by atomic mass is 10.1. The molecule has 0 atom stereocenters. The second-order valence-corrected chi connectivity index (χ2v) is 7.13. The summed E-state index contributed by atoms with van der Waals surface area (Å²) in [6.07, 6.45) is 3.85. The molecule has 0 unspecified atom stereocenters. The second kappa shape index (κ2) is 9.42. The van der Waals surface area contributed by atoms with Crippen molar-refractivity contribution in [3.8, 4) is 5.75 Å². The maximum Gasteiger partial charge on any atom is 0.238 e. The number of carbonyl (C=O) groups excluding carboxylic acids is 1. The number of likely N-dealkylation sites (N-methyl/N-ethyl adjacent to an activating group) is 1. The van der Waals surface area contributed by atoms with Crippen molar-refractivity contribution in [1.29, 1.82) is 0 Å². The quantitative estimate of drug-likeness (QED) is 0.809. The van der Waals surface area contributed by atoms with E-state index in [4.69, 9.17) is 4.74 Å². The fraction of sp³-hybridized carbons (Fsp3) is 0.409. The highest BCUT2D eigenvalue weighted by Crippen LogP contribution is 2.22. The van der Waals surface area contributed by atoms with Gasteiger partial charge >= 0.3 is 0 Å². The molecule has 0 spiro atoms. The third kappa shape index (κ3) is 5.47. The maximum atomic E-state index is 12.4. The number of hydrogen-bond acceptors (Lipinski definition) is 4. The van der Waals surface area contributed by atoms with E-state index in [-0.39, 0.29) is 5.91 Å². The number of methoxy groups -OCH3 is 1. The minimum absolute atomic E-state index is 0.0156. The number of nitrogens with one attached hydrogen (secondary N) is 1. The van der Waals surface area contributed by atoms with Crippen molar-refractivity contribution in [2.24, 2.45) is 0 Å². The van der Waals surface area contributed by atoms with Crippen LogP contribution in [0.2, 0.25) is 0 Å². The largest absolute Gasteiger partial charge is 0.496 e. The molecule has 2 aromatic carbocycles. The summed E-state index contributed by atoms with van der Waals surface area (Å²) in [5.41, 5.74) is 3.15. The normalized spacial score (nSPS) is 14.3. The van der Waals surface area contributed by atoms with Crippen LogP contribution in [0.15, 0.2) is 48.5 Å². The highest BCUT2D eigenvalue weighted by molar-refractivity contribution is 5.92. The van der Waals surface area contributed by atoms with Gasteiger partial charge in [0.05, 0.1) is 13.7 Å². The van der Waals surface area contributed by atoms with Gasteiger partial charge < -0.3 is 15.0 Å². The van der Waals surface area contributed by atoms with Gasteiger partial charge in [0, 0.05) is 36.6 Å². The molecule has 1 heterocycles. The summed E-state index contributed by atoms with van der Waals surface area (Å²) in [4.78, 5) is 16.8. The summed E-state index contributed by atoms with van der Waals surface area (Å²) in [6.45, 7) is 3.23. The minimum atomic E-state index is -0.0156. The Hall–Kier alpha value is -2.53. The van der Waals surface area contributed by atoms with E-state index >= 15 is 0 Å². The van der Waals surface area contributed by atoms with Crippen molar-refractivity contribution in [3.63, 3.8) is 0 Å². The van der Waals surface area contributed by atoms with Crippen LogP contribution in [0.3, 0.4) is 0 Å². The first kappa shape index (κ1) is 19.2. The zero-order valence-corrected chi connectivity index (χ0v) is 16.3. The smallest absolute Gasteiger partial charge is 0.238 e. The van der Waals surface area contributed by atoms with Gasteiger partial charge in [-0.15, -0.1) is 0 Å². The molecule has 1 N–H and O–H groups in total. The molecule has 144 valence electrons. The van der Waals surface area contributed by atoms with Gasteiger partial charge in [0.15, 0.2) is 0 Å². The third-order valence-electron chi connectivity index (χ3n) is 4.92. The highest BCUT2D eigenvalue weighted by atomic mass is 16.5. The number of hydrogen-bond donors (Lipinski definition) is 1. The molecular formula is C22H29N3O2. The van der Waals surface area contributed by atoms with Gasteiger partial charge in [-0.25, -0.2) is 0 Å². The monoisotopic (exact) mass is 367 g/mol. The van der Waals surface area contributed by atoms with Crippen LogP contribution in [0.25, 0.3) is 0 Å². The number of carbonyl (C=O) groups is 1. The van der Waals surface area contributed by atoms with Gasteiger partial charge in [-0.1, -0.05) is 18.2 Å². The lowest BCUT2D eigenvalue weighted by Crippen LogP contribution is -2.30. The van der Waals surface area contributed by atoms with Gasteiger partial charge in [-0.2, -0.15) is 0 Å². The van der Waals surface area contributed by atoms with Crippen molar-refractivity contribution in [2.45, 2.75) is 25.8 Å². The van der Waals surface area contributed by atoms with Crippen LogP contribution in [0.1, 0.15) is 24.8 Å². The summed E-state index contributed by atoms with van der Waals surface area (Å²) < 4.78 is 5.38. The van der Waals surface area contributed by atoms with E-state index in [1.165, 1.54) is 24.9 Å². The lowest BCUT2D eigenvalue weighted by Gasteiger charge is -2.28. The van der Waals surface area contributed by atoms with E-state index in [9.17, 15) is 4.79 Å². The lowest BCUT2D eigenvalue weighted by molar-refractivity contribution is -0.117. The van der Waals surface area contributed by atoms with Crippen molar-refractivity contribution in [3.05, 3.63) is 54.1 Å². The zero-order valence-electron chi connectivity index (χ0n) is 16.3. The Morgan fingerprint density at radius 3 is 2.48 bits per heavy atom. The molecule has 1 aliphatic rings. The molecule has 1 saturated heterocycles. The molecular weight excluding hydrogens is 338 g/mol. The molecule has 0 aromatic heterocycles. The number of anilines is 2. The standard InChI is InChI=1S/C22H29N3O2/c1-24(16-18-8-4-5-9-21(18)27-2)17-22(26)23-19-10-12-20(13-11-19)25-14-6-3-7-15-25/h4-5,8-13H,3,6-7,14-17H2,1-2H3,(H,23,26). The summed E-state index contributed by atoms with van der Waals surface area (Å²) >= 11 is 0. The van der Waals surface area contributed by atoms with E-state index in [0.717, 1.165) is 30.1 Å². The number of rotatable bonds is 7. The van der Waals surface area contributed by atoms with E-state index in [1.807, 2.05) is 48.3 Å². The Morgan fingerprint density at radius 2 is 1.78 bits per heavy atom. The molecule has 0 saturated carbocycles. The van der Waals surface area contributed by atoms with E-state index in [2.05, 4.69) is 22.3 Å². The molecule has 1 amide bonds. The first-order valence-corrected chi connectivity index (χ1v) is 9.61. The molecule has 3 rings (SSSR count). The average molecular weight is 367 g/mol. The maximum absolute atomic E-state index is 12.4. The van der Waals surface area contributed by atoms with Crippen LogP contribution in [0, 0.1) is 0 Å². The molecule has 1 fully saturated rings. The Labute approximate surface area is 161 Å². The molecule has 5 nitrogen and oxygen atoms in total. The molecule has 5 heteroatoms. The van der Waals surface area contributed by atoms with Crippen LogP contribution < -0.4 is 15.0 Å². The van der Waals surface area contributed by atoms with Gasteiger partial charge in [0.2, 0.25) is 5.91 Å². The number of amides is 1. The number of piperidine rings is 1. The van der Waals surface area contributed by atoms with Crippen molar-refractivity contribution in [1.82, 2.24) is 4.90 Å². The van der Waals surface area contributed by atoms with Crippen molar-refractivity contribution >= 4 is 17.3 Å². The molecule has 1 aliphatic heterocycles. The van der Waals surface area contributed by atoms with Crippen LogP contribution in [-0.2, 0) is 11.3 Å². The molecule has 0 aliphatic carbocycles. The van der Waals surface area contributed by atoms with Crippen LogP contribution in [-0.4, -0.2) is 44.6 Å². The number of para-hydroxylation sites is 1. The number of ether oxygens (including phenoxy) is 1. The molecule has 27 heavy (non-hydrogen) atoms. The van der Waals surface area contributed by atoms with Gasteiger partial charge in [0.25, 0.3) is 0 Å². The Kier molecular flexibility index (Phi) is 6.71. The van der Waals surface area contributed by atoms with Crippen LogP contribution in [0.4, 0.5) is 11.4 Å². The first-order valence-electron chi connectivity index (χ1n) is 9.61. The Bertz CT molecular complexity index is 739. The average Bonchev–Trinajstić information content (AvgIpc) is 2.69. The summed E-state index contributed by atoms with van der Waals surface area (Å²) in [5.74, 6) is 0.830. The fourth-order valence-electron chi connectivity index (χ4n) is 3.53. The van der Waals surface area contributed by atoms with E-state index in [0.29, 0.717) is 13.1 Å². The van der Waals surface area contributed by atoms with Gasteiger partial charge in [-0.3, -0.25) is 9.69 Å². The Morgan fingerprint density at radius 1 is 1.07 bits per heavy atom. The minimum Gasteiger partial charge on any atom is -0.496 e. The highest BCUT2D eigenvalue weighted by Gasteiger charge is 2.12. The number of benzene rings is 2. The SMILES string of the molecule is COc1ccccc1CN(C)CC(=O)Nc1ccc(N2CCCCC2)cc1. The first-order chi connectivity index (χ1) is 13.2. The topological polar surface area (TPSA) is 44.8 Å². The molecule has 2 aromatic rings. The van der Waals surface area contributed by atoms with Gasteiger partial charge in [0.1, 0.15) is 5.75 Å². The number of nitrogens with zero attached hydrogens (tertiary/aromatic N) is 2. The second-order valence-electron chi connectivity index (χ2n) is 7.13. The van der Waals surface area contributed by atoms with Crippen molar-refractivity contribution < 1.29 is 9.53 Å². The van der Waals surface area contributed by atoms with Gasteiger partial charge in [-0.05, 0) is 56.6 Å². The Balaban J connectivity index is 1.51.